The maximum atomic E-state index is 13.8. The van der Waals surface area contributed by atoms with Crippen molar-refractivity contribution >= 4 is 10.9 Å². The quantitative estimate of drug-likeness (QED) is 0.521. The van der Waals surface area contributed by atoms with Gasteiger partial charge in [-0.1, -0.05) is 44.9 Å². The van der Waals surface area contributed by atoms with E-state index in [1.54, 1.807) is 13.2 Å². The average Bonchev–Trinajstić information content (AvgIpc) is 2.63. The molecule has 2 rings (SSSR count). The molecule has 2 aromatic rings. The number of hydrogen-bond donors (Lipinski definition) is 1. The van der Waals surface area contributed by atoms with Gasteiger partial charge in [-0.3, -0.25) is 0 Å². The Bertz CT molecular complexity index is 645. The Morgan fingerprint density at radius 2 is 1.52 bits per heavy atom. The summed E-state index contributed by atoms with van der Waals surface area (Å²) in [6.07, 6.45) is 11.7. The van der Waals surface area contributed by atoms with Crippen molar-refractivity contribution in [3.63, 3.8) is 0 Å². The Kier molecular flexibility index (Phi) is 8.67. The van der Waals surface area contributed by atoms with Gasteiger partial charge in [0.15, 0.2) is 0 Å². The van der Waals surface area contributed by atoms with E-state index in [4.69, 9.17) is 9.84 Å². The molecular weight excluding hydrogens is 317 g/mol. The second kappa shape index (κ2) is 11.0. The number of aliphatic hydroxyl groups excluding tert-OH is 1. The van der Waals surface area contributed by atoms with Crippen LogP contribution in [0.1, 0.15) is 63.5 Å². The highest BCUT2D eigenvalue weighted by Gasteiger charge is 2.08. The monoisotopic (exact) mass is 347 g/mol. The average molecular weight is 347 g/mol. The lowest BCUT2D eigenvalue weighted by Crippen LogP contribution is -1.95. The molecule has 1 N–H and O–H groups in total. The third kappa shape index (κ3) is 6.28. The van der Waals surface area contributed by atoms with Crippen molar-refractivity contribution in [1.29, 1.82) is 0 Å². The first-order chi connectivity index (χ1) is 12.3. The van der Waals surface area contributed by atoms with Crippen molar-refractivity contribution in [3.05, 3.63) is 35.8 Å². The Balaban J connectivity index is 1.71. The summed E-state index contributed by atoms with van der Waals surface area (Å²) in [7, 11) is 1.59. The summed E-state index contributed by atoms with van der Waals surface area (Å²) >= 11 is 0. The van der Waals surface area contributed by atoms with Gasteiger partial charge in [0, 0.05) is 17.7 Å². The minimum Gasteiger partial charge on any atom is -0.494 e. The molecule has 4 heteroatoms. The van der Waals surface area contributed by atoms with Gasteiger partial charge in [0.2, 0.25) is 0 Å². The van der Waals surface area contributed by atoms with Crippen LogP contribution >= 0.6 is 0 Å². The minimum atomic E-state index is -0.256. The second-order valence-corrected chi connectivity index (χ2v) is 6.60. The molecule has 0 atom stereocenters. The molecule has 0 aliphatic rings. The van der Waals surface area contributed by atoms with E-state index in [9.17, 15) is 4.39 Å². The van der Waals surface area contributed by atoms with E-state index in [1.165, 1.54) is 44.6 Å². The van der Waals surface area contributed by atoms with Crippen LogP contribution in [0.15, 0.2) is 24.3 Å². The zero-order valence-electron chi connectivity index (χ0n) is 15.3. The minimum absolute atomic E-state index is 0.256. The smallest absolute Gasteiger partial charge is 0.145 e. The number of aliphatic hydroxyl groups is 1. The number of methoxy groups -OCH3 is 1. The number of aryl methyl sites for hydroxylation is 1. The Morgan fingerprint density at radius 1 is 0.880 bits per heavy atom. The fourth-order valence-electron chi connectivity index (χ4n) is 3.16. The second-order valence-electron chi connectivity index (χ2n) is 6.60. The van der Waals surface area contributed by atoms with E-state index in [-0.39, 0.29) is 5.82 Å². The van der Waals surface area contributed by atoms with Gasteiger partial charge in [0.25, 0.3) is 0 Å². The molecule has 0 aliphatic carbocycles. The van der Waals surface area contributed by atoms with Gasteiger partial charge in [0.1, 0.15) is 17.1 Å². The van der Waals surface area contributed by atoms with Crippen LogP contribution in [0.5, 0.6) is 5.75 Å². The van der Waals surface area contributed by atoms with E-state index in [1.807, 2.05) is 12.1 Å². The number of halogens is 1. The topological polar surface area (TPSA) is 42.4 Å². The molecule has 25 heavy (non-hydrogen) atoms. The van der Waals surface area contributed by atoms with Gasteiger partial charge in [-0.05, 0) is 43.5 Å². The number of rotatable bonds is 12. The molecule has 0 saturated carbocycles. The predicted octanol–water partition coefficient (Wildman–Crippen LogP) is 5.43. The highest BCUT2D eigenvalue weighted by molar-refractivity contribution is 5.85. The lowest BCUT2D eigenvalue weighted by Gasteiger charge is -2.08. The zero-order chi connectivity index (χ0) is 17.9. The lowest BCUT2D eigenvalue weighted by atomic mass is 10.1. The molecule has 0 radical (unpaired) electrons. The Labute approximate surface area is 150 Å². The van der Waals surface area contributed by atoms with Crippen LogP contribution in [0, 0.1) is 5.82 Å². The van der Waals surface area contributed by atoms with Crippen molar-refractivity contribution in [2.75, 3.05) is 13.7 Å². The van der Waals surface area contributed by atoms with E-state index in [0.29, 0.717) is 23.3 Å². The number of aromatic nitrogens is 1. The molecule has 0 bridgehead atoms. The number of pyridine rings is 1. The van der Waals surface area contributed by atoms with Gasteiger partial charge in [-0.25, -0.2) is 9.37 Å². The SMILES string of the molecule is COc1ccc(F)c2ccc(CCCCCCCCCCCO)nc12. The highest BCUT2D eigenvalue weighted by Crippen LogP contribution is 2.26. The molecule has 0 spiro atoms. The summed E-state index contributed by atoms with van der Waals surface area (Å²) in [4.78, 5) is 4.60. The van der Waals surface area contributed by atoms with Crippen LogP contribution in [-0.2, 0) is 6.42 Å². The van der Waals surface area contributed by atoms with Crippen LogP contribution in [0.2, 0.25) is 0 Å². The van der Waals surface area contributed by atoms with Gasteiger partial charge >= 0.3 is 0 Å². The van der Waals surface area contributed by atoms with Crippen molar-refractivity contribution in [1.82, 2.24) is 4.98 Å². The van der Waals surface area contributed by atoms with Gasteiger partial charge in [-0.15, -0.1) is 0 Å². The van der Waals surface area contributed by atoms with Crippen LogP contribution < -0.4 is 4.74 Å². The van der Waals surface area contributed by atoms with Gasteiger partial charge in [0.05, 0.1) is 7.11 Å². The molecule has 1 heterocycles. The molecule has 1 aromatic heterocycles. The number of benzene rings is 1. The van der Waals surface area contributed by atoms with Gasteiger partial charge < -0.3 is 9.84 Å². The molecule has 3 nitrogen and oxygen atoms in total. The summed E-state index contributed by atoms with van der Waals surface area (Å²) in [5.41, 5.74) is 1.61. The van der Waals surface area contributed by atoms with Crippen LogP contribution in [0.4, 0.5) is 4.39 Å². The van der Waals surface area contributed by atoms with Crippen LogP contribution in [-0.4, -0.2) is 23.8 Å². The molecule has 0 fully saturated rings. The zero-order valence-corrected chi connectivity index (χ0v) is 15.3. The fourth-order valence-corrected chi connectivity index (χ4v) is 3.16. The van der Waals surface area contributed by atoms with Crippen molar-refractivity contribution in [2.45, 2.75) is 64.2 Å². The Hall–Kier alpha value is -1.68. The standard InChI is InChI=1S/C21H30FNO2/c1-25-20-15-14-19(22)18-13-12-17(23-21(18)20)11-9-7-5-3-2-4-6-8-10-16-24/h12-15,24H,2-11,16H2,1H3. The van der Waals surface area contributed by atoms with Crippen LogP contribution in [0.25, 0.3) is 10.9 Å². The van der Waals surface area contributed by atoms with Crippen LogP contribution in [0.3, 0.4) is 0 Å². The molecule has 0 unspecified atom stereocenters. The first-order valence-corrected chi connectivity index (χ1v) is 9.49. The summed E-state index contributed by atoms with van der Waals surface area (Å²) in [6, 6.07) is 6.79. The van der Waals surface area contributed by atoms with E-state index >= 15 is 0 Å². The van der Waals surface area contributed by atoms with E-state index < -0.39 is 0 Å². The normalized spacial score (nSPS) is 11.2. The number of unbranched alkanes of at least 4 members (excludes halogenated alkanes) is 8. The number of fused-ring (bicyclic) bond motifs is 1. The lowest BCUT2D eigenvalue weighted by molar-refractivity contribution is 0.282. The number of nitrogens with zero attached hydrogens (tertiary/aromatic N) is 1. The highest BCUT2D eigenvalue weighted by atomic mass is 19.1. The van der Waals surface area contributed by atoms with E-state index in [0.717, 1.165) is 31.4 Å². The molecule has 0 aliphatic heterocycles. The third-order valence-corrected chi connectivity index (χ3v) is 4.64. The first kappa shape index (κ1) is 19.6. The molecule has 1 aromatic carbocycles. The van der Waals surface area contributed by atoms with Crippen molar-refractivity contribution in [2.24, 2.45) is 0 Å². The number of ether oxygens (including phenoxy) is 1. The Morgan fingerprint density at radius 3 is 2.16 bits per heavy atom. The maximum absolute atomic E-state index is 13.8. The van der Waals surface area contributed by atoms with Crippen molar-refractivity contribution in [3.8, 4) is 5.75 Å². The van der Waals surface area contributed by atoms with Gasteiger partial charge in [-0.2, -0.15) is 0 Å². The number of hydrogen-bond acceptors (Lipinski definition) is 3. The first-order valence-electron chi connectivity index (χ1n) is 9.49. The molecular formula is C21H30FNO2. The fraction of sp³-hybridized carbons (Fsp3) is 0.571. The summed E-state index contributed by atoms with van der Waals surface area (Å²) in [5, 5.41) is 9.25. The summed E-state index contributed by atoms with van der Waals surface area (Å²) in [5.74, 6) is 0.369. The summed E-state index contributed by atoms with van der Waals surface area (Å²) in [6.45, 7) is 0.321. The molecule has 138 valence electrons. The maximum Gasteiger partial charge on any atom is 0.145 e. The summed E-state index contributed by atoms with van der Waals surface area (Å²) < 4.78 is 19.1. The van der Waals surface area contributed by atoms with E-state index in [2.05, 4.69) is 4.98 Å². The van der Waals surface area contributed by atoms with Crippen molar-refractivity contribution < 1.29 is 14.2 Å². The predicted molar refractivity (Wildman–Crippen MR) is 101 cm³/mol. The molecule has 0 amide bonds. The largest absolute Gasteiger partial charge is 0.494 e. The third-order valence-electron chi connectivity index (χ3n) is 4.64. The molecule has 0 saturated heterocycles.